The van der Waals surface area contributed by atoms with E-state index >= 15 is 0 Å². The zero-order valence-corrected chi connectivity index (χ0v) is 6.20. The number of hydrazone groups is 1. The highest BCUT2D eigenvalue weighted by Crippen LogP contribution is 1.93. The minimum Gasteiger partial charge on any atom is -0.323 e. The molecule has 1 aliphatic heterocycles. The molecule has 0 unspecified atom stereocenters. The number of rotatable bonds is 1. The number of nitrogens with zero attached hydrogens (tertiary/aromatic N) is 3. The second kappa shape index (κ2) is 3.05. The lowest BCUT2D eigenvalue weighted by atomic mass is 10.1. The standard InChI is InChI=1S/C6H9N5/c1-4(7)6-5(11-8)2-9-3-10-6/h3,7H,2,8H2,1H3. The summed E-state index contributed by atoms with van der Waals surface area (Å²) in [6.07, 6.45) is 1.42. The molecule has 0 radical (unpaired) electrons. The fourth-order valence-corrected chi connectivity index (χ4v) is 0.790. The van der Waals surface area contributed by atoms with E-state index in [2.05, 4.69) is 15.1 Å². The summed E-state index contributed by atoms with van der Waals surface area (Å²) < 4.78 is 0. The summed E-state index contributed by atoms with van der Waals surface area (Å²) in [6.45, 7) is 2.06. The van der Waals surface area contributed by atoms with Gasteiger partial charge >= 0.3 is 0 Å². The average molecular weight is 151 g/mol. The molecule has 58 valence electrons. The molecule has 3 N–H and O–H groups in total. The molecule has 1 heterocycles. The van der Waals surface area contributed by atoms with Gasteiger partial charge in [0.1, 0.15) is 17.8 Å². The molecule has 0 aromatic heterocycles. The Bertz CT molecular complexity index is 260. The largest absolute Gasteiger partial charge is 0.323 e. The molecule has 0 aromatic rings. The van der Waals surface area contributed by atoms with Crippen molar-refractivity contribution >= 4 is 23.5 Å². The Labute approximate surface area is 64.2 Å². The van der Waals surface area contributed by atoms with E-state index in [1.165, 1.54) is 6.34 Å². The van der Waals surface area contributed by atoms with Crippen molar-refractivity contribution in [3.05, 3.63) is 0 Å². The van der Waals surface area contributed by atoms with Gasteiger partial charge in [0.05, 0.1) is 12.3 Å². The van der Waals surface area contributed by atoms with E-state index in [1.54, 1.807) is 6.92 Å². The molecule has 0 spiro atoms. The summed E-state index contributed by atoms with van der Waals surface area (Å²) in [5, 5.41) is 10.8. The van der Waals surface area contributed by atoms with Crippen LogP contribution >= 0.6 is 0 Å². The molecular formula is C6H9N5. The first kappa shape index (κ1) is 7.59. The lowest BCUT2D eigenvalue weighted by molar-refractivity contribution is 1.19. The van der Waals surface area contributed by atoms with E-state index in [9.17, 15) is 0 Å². The average Bonchev–Trinajstić information content (AvgIpc) is 2.04. The van der Waals surface area contributed by atoms with Gasteiger partial charge in [0.15, 0.2) is 0 Å². The van der Waals surface area contributed by atoms with Crippen LogP contribution in [0.1, 0.15) is 6.92 Å². The molecule has 5 nitrogen and oxygen atoms in total. The van der Waals surface area contributed by atoms with Gasteiger partial charge in [-0.1, -0.05) is 0 Å². The van der Waals surface area contributed by atoms with Crippen molar-refractivity contribution in [2.75, 3.05) is 6.54 Å². The first-order valence-electron chi connectivity index (χ1n) is 3.14. The van der Waals surface area contributed by atoms with E-state index < -0.39 is 0 Å². The second-order valence-electron chi connectivity index (χ2n) is 2.13. The Morgan fingerprint density at radius 3 is 3.00 bits per heavy atom. The van der Waals surface area contributed by atoms with Crippen LogP contribution in [0.15, 0.2) is 15.1 Å². The van der Waals surface area contributed by atoms with Crippen molar-refractivity contribution in [3.63, 3.8) is 0 Å². The Morgan fingerprint density at radius 1 is 1.82 bits per heavy atom. The van der Waals surface area contributed by atoms with Crippen molar-refractivity contribution in [2.45, 2.75) is 6.92 Å². The molecule has 0 amide bonds. The van der Waals surface area contributed by atoms with Gasteiger partial charge in [-0.2, -0.15) is 5.10 Å². The number of nitrogens with two attached hydrogens (primary N) is 1. The third-order valence-corrected chi connectivity index (χ3v) is 1.29. The summed E-state index contributed by atoms with van der Waals surface area (Å²) in [7, 11) is 0. The molecule has 0 aromatic carbocycles. The van der Waals surface area contributed by atoms with Crippen LogP contribution in [-0.4, -0.2) is 30.0 Å². The third kappa shape index (κ3) is 1.49. The minimum atomic E-state index is 0.361. The van der Waals surface area contributed by atoms with Crippen LogP contribution in [0.3, 0.4) is 0 Å². The van der Waals surface area contributed by atoms with Crippen LogP contribution in [0.25, 0.3) is 0 Å². The number of nitrogens with one attached hydrogen (secondary N) is 1. The predicted molar refractivity (Wildman–Crippen MR) is 45.8 cm³/mol. The van der Waals surface area contributed by atoms with Gasteiger partial charge in [-0.05, 0) is 6.92 Å². The van der Waals surface area contributed by atoms with E-state index in [0.29, 0.717) is 23.7 Å². The fraction of sp³-hybridized carbons (Fsp3) is 0.333. The molecule has 0 saturated heterocycles. The van der Waals surface area contributed by atoms with Crippen molar-refractivity contribution in [2.24, 2.45) is 20.9 Å². The van der Waals surface area contributed by atoms with Crippen molar-refractivity contribution < 1.29 is 0 Å². The highest BCUT2D eigenvalue weighted by atomic mass is 15.1. The summed E-state index contributed by atoms with van der Waals surface area (Å²) in [5.41, 5.74) is 1.46. The highest BCUT2D eigenvalue weighted by molar-refractivity contribution is 6.69. The molecule has 0 bridgehead atoms. The number of aliphatic imine (C=N–C) groups is 2. The van der Waals surface area contributed by atoms with Crippen molar-refractivity contribution in [1.29, 1.82) is 5.41 Å². The molecule has 0 fully saturated rings. The van der Waals surface area contributed by atoms with Gasteiger partial charge in [0.25, 0.3) is 0 Å². The normalized spacial score (nSPS) is 20.1. The smallest absolute Gasteiger partial charge is 0.111 e. The zero-order chi connectivity index (χ0) is 8.27. The Morgan fingerprint density at radius 2 is 2.55 bits per heavy atom. The first-order valence-corrected chi connectivity index (χ1v) is 3.14. The number of hydrogen-bond acceptors (Lipinski definition) is 5. The number of hydrogen-bond donors (Lipinski definition) is 2. The fourth-order valence-electron chi connectivity index (χ4n) is 0.790. The summed E-state index contributed by atoms with van der Waals surface area (Å²) in [6, 6.07) is 0. The summed E-state index contributed by atoms with van der Waals surface area (Å²) in [5.74, 6) is 5.07. The third-order valence-electron chi connectivity index (χ3n) is 1.29. The van der Waals surface area contributed by atoms with Crippen molar-refractivity contribution in [3.8, 4) is 0 Å². The molecule has 5 heteroatoms. The van der Waals surface area contributed by atoms with Crippen molar-refractivity contribution in [1.82, 2.24) is 0 Å². The molecule has 1 aliphatic rings. The molecule has 11 heavy (non-hydrogen) atoms. The van der Waals surface area contributed by atoms with Gasteiger partial charge in [-0.15, -0.1) is 0 Å². The maximum Gasteiger partial charge on any atom is 0.111 e. The molecule has 1 rings (SSSR count). The quantitative estimate of drug-likeness (QED) is 0.304. The van der Waals surface area contributed by atoms with Gasteiger partial charge in [0, 0.05) is 0 Å². The zero-order valence-electron chi connectivity index (χ0n) is 6.20. The van der Waals surface area contributed by atoms with Gasteiger partial charge in [-0.25, -0.2) is 4.99 Å². The monoisotopic (exact) mass is 151 g/mol. The van der Waals surface area contributed by atoms with E-state index in [-0.39, 0.29) is 0 Å². The topological polar surface area (TPSA) is 87.0 Å². The predicted octanol–water partition coefficient (Wildman–Crippen LogP) is -0.176. The van der Waals surface area contributed by atoms with Crippen LogP contribution in [0.4, 0.5) is 0 Å². The van der Waals surface area contributed by atoms with E-state index in [1.807, 2.05) is 0 Å². The summed E-state index contributed by atoms with van der Waals surface area (Å²) >= 11 is 0. The Hall–Kier alpha value is -1.52. The van der Waals surface area contributed by atoms with Gasteiger partial charge in [0.2, 0.25) is 0 Å². The second-order valence-corrected chi connectivity index (χ2v) is 2.13. The molecule has 0 aliphatic carbocycles. The van der Waals surface area contributed by atoms with Gasteiger partial charge < -0.3 is 11.3 Å². The van der Waals surface area contributed by atoms with Crippen LogP contribution in [0, 0.1) is 5.41 Å². The maximum atomic E-state index is 7.29. The van der Waals surface area contributed by atoms with E-state index in [4.69, 9.17) is 11.3 Å². The molecule has 0 saturated carbocycles. The highest BCUT2D eigenvalue weighted by Gasteiger charge is 2.12. The SMILES string of the molecule is CC(=N)C1=NC=NCC1=NN. The van der Waals surface area contributed by atoms with E-state index in [0.717, 1.165) is 0 Å². The Kier molecular flexibility index (Phi) is 2.10. The minimum absolute atomic E-state index is 0.361. The Balaban J connectivity index is 2.97. The lowest BCUT2D eigenvalue weighted by Gasteiger charge is -2.06. The van der Waals surface area contributed by atoms with Crippen LogP contribution in [0.2, 0.25) is 0 Å². The van der Waals surface area contributed by atoms with Gasteiger partial charge in [-0.3, -0.25) is 4.99 Å². The first-order chi connectivity index (χ1) is 5.25. The maximum absolute atomic E-state index is 7.29. The van der Waals surface area contributed by atoms with Crippen LogP contribution in [-0.2, 0) is 0 Å². The van der Waals surface area contributed by atoms with Crippen LogP contribution in [0.5, 0.6) is 0 Å². The summed E-state index contributed by atoms with van der Waals surface area (Å²) in [4.78, 5) is 7.71. The van der Waals surface area contributed by atoms with Crippen LogP contribution < -0.4 is 5.84 Å². The molecule has 0 atom stereocenters. The lowest BCUT2D eigenvalue weighted by Crippen LogP contribution is -2.27. The molecular weight excluding hydrogens is 142 g/mol.